The zero-order chi connectivity index (χ0) is 42.6. The second-order valence-corrected chi connectivity index (χ2v) is 18.5. The van der Waals surface area contributed by atoms with Crippen molar-refractivity contribution in [2.75, 3.05) is 0 Å². The van der Waals surface area contributed by atoms with E-state index in [0.717, 1.165) is 27.9 Å². The Kier molecular flexibility index (Phi) is 7.80. The number of aromatic nitrogens is 2. The molecule has 0 bridgehead atoms. The third kappa shape index (κ3) is 5.37. The number of thiophene rings is 1. The maximum atomic E-state index is 5.39. The predicted molar refractivity (Wildman–Crippen MR) is 274 cm³/mol. The fraction of sp³-hybridized carbons (Fsp3) is 0.0161. The van der Waals surface area contributed by atoms with Crippen LogP contribution in [0, 0.1) is 0 Å². The van der Waals surface area contributed by atoms with E-state index in [-0.39, 0.29) is 0 Å². The normalized spacial score (nSPS) is 13.0. The lowest BCUT2D eigenvalue weighted by Crippen LogP contribution is -2.28. The van der Waals surface area contributed by atoms with Gasteiger partial charge < -0.3 is 0 Å². The Bertz CT molecular complexity index is 3990. The molecule has 0 N–H and O–H groups in total. The Morgan fingerprint density at radius 2 is 0.938 bits per heavy atom. The van der Waals surface area contributed by atoms with Gasteiger partial charge in [0.25, 0.3) is 0 Å². The fourth-order valence-electron chi connectivity index (χ4n) is 11.0. The molecule has 0 saturated heterocycles. The molecule has 3 heteroatoms. The minimum atomic E-state index is -0.396. The Hall–Kier alpha value is -8.11. The number of imidazole rings is 1. The van der Waals surface area contributed by atoms with Crippen LogP contribution in [-0.4, -0.2) is 9.38 Å². The predicted octanol–water partition coefficient (Wildman–Crippen LogP) is 16.5. The Balaban J connectivity index is 0.856. The molecule has 0 saturated carbocycles. The van der Waals surface area contributed by atoms with E-state index in [0.29, 0.717) is 0 Å². The van der Waals surface area contributed by atoms with Crippen molar-refractivity contribution in [1.82, 2.24) is 9.38 Å². The zero-order valence-corrected chi connectivity index (χ0v) is 36.1. The monoisotopic (exact) mass is 842 g/mol. The quantitative estimate of drug-likeness (QED) is 0.158. The molecule has 14 rings (SSSR count). The highest BCUT2D eigenvalue weighted by atomic mass is 32.1. The second kappa shape index (κ2) is 13.9. The number of fused-ring (bicyclic) bond motifs is 12. The van der Waals surface area contributed by atoms with Crippen molar-refractivity contribution in [2.24, 2.45) is 0 Å². The lowest BCUT2D eigenvalue weighted by Gasteiger charge is -2.33. The van der Waals surface area contributed by atoms with Gasteiger partial charge in [-0.3, -0.25) is 4.40 Å². The summed E-state index contributed by atoms with van der Waals surface area (Å²) >= 11 is 1.83. The Morgan fingerprint density at radius 1 is 0.385 bits per heavy atom. The molecule has 1 aliphatic rings. The van der Waals surface area contributed by atoms with E-state index in [4.69, 9.17) is 4.98 Å². The molecule has 3 heterocycles. The van der Waals surface area contributed by atoms with Crippen molar-refractivity contribution < 1.29 is 0 Å². The molecular weight excluding hydrogens is 805 g/mol. The van der Waals surface area contributed by atoms with Crippen molar-refractivity contribution in [1.29, 1.82) is 0 Å². The van der Waals surface area contributed by atoms with Gasteiger partial charge in [0.15, 0.2) is 5.65 Å². The Labute approximate surface area is 380 Å². The van der Waals surface area contributed by atoms with E-state index in [1.54, 1.807) is 0 Å². The van der Waals surface area contributed by atoms with Crippen LogP contribution in [0.1, 0.15) is 22.3 Å². The summed E-state index contributed by atoms with van der Waals surface area (Å²) in [6, 6.07) is 85.2. The van der Waals surface area contributed by atoms with Crippen LogP contribution in [0.2, 0.25) is 0 Å². The van der Waals surface area contributed by atoms with E-state index in [9.17, 15) is 0 Å². The first-order valence-corrected chi connectivity index (χ1v) is 23.2. The van der Waals surface area contributed by atoms with Crippen LogP contribution in [0.3, 0.4) is 0 Å². The minimum Gasteiger partial charge on any atom is -0.291 e. The van der Waals surface area contributed by atoms with Gasteiger partial charge in [-0.2, -0.15) is 0 Å². The average molecular weight is 843 g/mol. The highest BCUT2D eigenvalue weighted by molar-refractivity contribution is 7.26. The molecule has 0 fully saturated rings. The van der Waals surface area contributed by atoms with Gasteiger partial charge in [-0.15, -0.1) is 11.3 Å². The number of nitrogens with zero attached hydrogens (tertiary/aromatic N) is 2. The molecule has 3 aromatic heterocycles. The fourth-order valence-corrected chi connectivity index (χ4v) is 12.2. The summed E-state index contributed by atoms with van der Waals surface area (Å²) in [5.74, 6) is 0. The molecule has 10 aromatic carbocycles. The van der Waals surface area contributed by atoms with Gasteiger partial charge in [-0.25, -0.2) is 4.98 Å². The number of benzene rings is 10. The first kappa shape index (κ1) is 36.4. The first-order chi connectivity index (χ1) is 32.2. The SMILES string of the molecule is c1ccc(C2(c3ccccc3)c3ccccc3-c3cc(-c4ccc(-c5ccc(-c6cc7c8ccccc8sc7c7nc8cc9cc%10ccccc%10cc9cc8n67)cc5)cc4)ccc32)cc1. The van der Waals surface area contributed by atoms with E-state index >= 15 is 0 Å². The maximum Gasteiger partial charge on any atom is 0.156 e. The lowest BCUT2D eigenvalue weighted by atomic mass is 9.67. The van der Waals surface area contributed by atoms with Crippen molar-refractivity contribution >= 4 is 69.7 Å². The minimum absolute atomic E-state index is 0.396. The highest BCUT2D eigenvalue weighted by Gasteiger charge is 2.46. The van der Waals surface area contributed by atoms with Gasteiger partial charge in [0, 0.05) is 15.5 Å². The number of hydrogen-bond donors (Lipinski definition) is 0. The molecule has 0 amide bonds. The third-order valence-electron chi connectivity index (χ3n) is 14.0. The van der Waals surface area contributed by atoms with E-state index in [2.05, 4.69) is 235 Å². The summed E-state index contributed by atoms with van der Waals surface area (Å²) < 4.78 is 4.89. The summed E-state index contributed by atoms with van der Waals surface area (Å²) in [7, 11) is 0. The number of rotatable bonds is 5. The molecule has 0 spiro atoms. The molecule has 0 radical (unpaired) electrons. The summed E-state index contributed by atoms with van der Waals surface area (Å²) in [5, 5.41) is 7.44. The van der Waals surface area contributed by atoms with Crippen LogP contribution in [0.4, 0.5) is 0 Å². The molecule has 1 aliphatic carbocycles. The molecule has 0 aliphatic heterocycles. The van der Waals surface area contributed by atoms with E-state index in [1.807, 2.05) is 11.3 Å². The summed E-state index contributed by atoms with van der Waals surface area (Å²) in [4.78, 5) is 5.39. The summed E-state index contributed by atoms with van der Waals surface area (Å²) in [5.41, 5.74) is 17.6. The van der Waals surface area contributed by atoms with Gasteiger partial charge in [0.05, 0.1) is 26.8 Å². The van der Waals surface area contributed by atoms with Crippen LogP contribution in [0.5, 0.6) is 0 Å². The Morgan fingerprint density at radius 3 is 1.65 bits per heavy atom. The molecular formula is C62H38N2S. The van der Waals surface area contributed by atoms with Crippen molar-refractivity contribution in [3.05, 3.63) is 253 Å². The highest BCUT2D eigenvalue weighted by Crippen LogP contribution is 2.56. The van der Waals surface area contributed by atoms with Crippen LogP contribution >= 0.6 is 11.3 Å². The van der Waals surface area contributed by atoms with Crippen molar-refractivity contribution in [3.63, 3.8) is 0 Å². The van der Waals surface area contributed by atoms with Gasteiger partial charge in [-0.1, -0.05) is 188 Å². The molecule has 0 atom stereocenters. The van der Waals surface area contributed by atoms with Gasteiger partial charge in [0.1, 0.15) is 0 Å². The third-order valence-corrected chi connectivity index (χ3v) is 15.2. The number of pyridine rings is 1. The van der Waals surface area contributed by atoms with E-state index < -0.39 is 5.41 Å². The van der Waals surface area contributed by atoms with Crippen LogP contribution < -0.4 is 0 Å². The summed E-state index contributed by atoms with van der Waals surface area (Å²) in [6.45, 7) is 0. The van der Waals surface area contributed by atoms with Crippen LogP contribution in [0.25, 0.3) is 103 Å². The topological polar surface area (TPSA) is 17.3 Å². The molecule has 13 aromatic rings. The van der Waals surface area contributed by atoms with Crippen LogP contribution in [0.15, 0.2) is 231 Å². The standard InChI is InChI=1S/C62H38N2S/c1-3-15-48(16-4-1)62(49-17-5-2-6-18-49)54-21-11-9-19-50(54)52-35-45(31-32-55(52)62)41-25-23-39(24-26-41)40-27-29-42(30-28-40)57-38-53-51-20-10-12-22-59(51)65-60(53)61-63-56-36-46-33-43-13-7-8-14-44(43)34-47(46)37-58(56)64(57)61/h1-38H. The summed E-state index contributed by atoms with van der Waals surface area (Å²) in [6.07, 6.45) is 0. The van der Waals surface area contributed by atoms with Gasteiger partial charge in [0.2, 0.25) is 0 Å². The maximum absolute atomic E-state index is 5.39. The average Bonchev–Trinajstić information content (AvgIpc) is 4.03. The lowest BCUT2D eigenvalue weighted by molar-refractivity contribution is 0.768. The van der Waals surface area contributed by atoms with Crippen LogP contribution in [-0.2, 0) is 5.41 Å². The van der Waals surface area contributed by atoms with E-state index in [1.165, 1.54) is 97.4 Å². The number of hydrogen-bond acceptors (Lipinski definition) is 2. The molecule has 65 heavy (non-hydrogen) atoms. The van der Waals surface area contributed by atoms with Crippen molar-refractivity contribution in [3.8, 4) is 44.6 Å². The van der Waals surface area contributed by atoms with Gasteiger partial charge >= 0.3 is 0 Å². The molecule has 302 valence electrons. The molecule has 0 unspecified atom stereocenters. The smallest absolute Gasteiger partial charge is 0.156 e. The second-order valence-electron chi connectivity index (χ2n) is 17.5. The van der Waals surface area contributed by atoms with Gasteiger partial charge in [-0.05, 0) is 125 Å². The largest absolute Gasteiger partial charge is 0.291 e. The first-order valence-electron chi connectivity index (χ1n) is 22.3. The molecule has 2 nitrogen and oxygen atoms in total. The zero-order valence-electron chi connectivity index (χ0n) is 35.2. The van der Waals surface area contributed by atoms with Crippen molar-refractivity contribution in [2.45, 2.75) is 5.41 Å².